The zero-order valence-electron chi connectivity index (χ0n) is 17.7. The summed E-state index contributed by atoms with van der Waals surface area (Å²) >= 11 is 0. The second-order valence-electron chi connectivity index (χ2n) is 8.69. The third-order valence-corrected chi connectivity index (χ3v) is 6.42. The van der Waals surface area contributed by atoms with Crippen molar-refractivity contribution in [1.82, 2.24) is 14.5 Å². The highest BCUT2D eigenvalue weighted by molar-refractivity contribution is 5.98. The van der Waals surface area contributed by atoms with Crippen LogP contribution in [0.25, 0.3) is 16.5 Å². The van der Waals surface area contributed by atoms with Gasteiger partial charge in [0.1, 0.15) is 5.82 Å². The molecule has 0 unspecified atom stereocenters. The zero-order chi connectivity index (χ0) is 20.1. The summed E-state index contributed by atoms with van der Waals surface area (Å²) in [6.07, 6.45) is 7.86. The molecule has 0 saturated heterocycles. The van der Waals surface area contributed by atoms with Gasteiger partial charge in [0.05, 0.1) is 11.9 Å². The Morgan fingerprint density at radius 3 is 2.79 bits per heavy atom. The molecule has 0 fully saturated rings. The predicted octanol–water partition coefficient (Wildman–Crippen LogP) is 3.62. The number of aromatic nitrogens is 2. The van der Waals surface area contributed by atoms with Crippen LogP contribution in [-0.4, -0.2) is 54.7 Å². The van der Waals surface area contributed by atoms with Crippen LogP contribution in [0.5, 0.6) is 0 Å². The first kappa shape index (κ1) is 18.3. The highest BCUT2D eigenvalue weighted by Gasteiger charge is 2.33. The van der Waals surface area contributed by atoms with Gasteiger partial charge in [-0.2, -0.15) is 0 Å². The van der Waals surface area contributed by atoms with Crippen molar-refractivity contribution in [2.75, 3.05) is 44.4 Å². The maximum atomic E-state index is 4.51. The number of pyridine rings is 1. The van der Waals surface area contributed by atoms with Crippen molar-refractivity contribution in [2.45, 2.75) is 12.5 Å². The molecule has 0 saturated carbocycles. The number of hydrogen-bond donors (Lipinski definition) is 1. The highest BCUT2D eigenvalue weighted by atomic mass is 15.1. The van der Waals surface area contributed by atoms with Crippen molar-refractivity contribution < 1.29 is 0 Å². The Balaban J connectivity index is 1.41. The molecule has 0 bridgehead atoms. The monoisotopic (exact) mass is 387 g/mol. The third-order valence-electron chi connectivity index (χ3n) is 6.42. The van der Waals surface area contributed by atoms with Gasteiger partial charge in [-0.1, -0.05) is 18.2 Å². The average molecular weight is 388 g/mol. The fourth-order valence-electron chi connectivity index (χ4n) is 4.96. The maximum absolute atomic E-state index is 4.51. The third kappa shape index (κ3) is 3.10. The van der Waals surface area contributed by atoms with Crippen molar-refractivity contribution in [2.24, 2.45) is 13.0 Å². The van der Waals surface area contributed by atoms with E-state index in [0.29, 0.717) is 12.0 Å². The minimum Gasteiger partial charge on any atom is -0.383 e. The number of likely N-dealkylation sites (N-methyl/N-ethyl adjacent to an activating group) is 1. The van der Waals surface area contributed by atoms with Gasteiger partial charge in [0.2, 0.25) is 0 Å². The van der Waals surface area contributed by atoms with Crippen molar-refractivity contribution in [3.63, 3.8) is 0 Å². The number of nitrogens with zero attached hydrogens (tertiary/aromatic N) is 4. The molecule has 1 aliphatic heterocycles. The summed E-state index contributed by atoms with van der Waals surface area (Å²) in [6.45, 7) is 1.99. The minimum absolute atomic E-state index is 0.472. The minimum atomic E-state index is 0.472. The van der Waals surface area contributed by atoms with Crippen molar-refractivity contribution in [3.05, 3.63) is 59.9 Å². The zero-order valence-corrected chi connectivity index (χ0v) is 17.7. The van der Waals surface area contributed by atoms with E-state index in [4.69, 9.17) is 0 Å². The molecule has 3 aromatic rings. The standard InChI is InChI=1S/C24H29N5/c1-27(2)23-9-8-18(13-26-23)25-12-16-10-20-19-6-5-7-21-24(19)17(15-29(21)4)11-22(20)28(3)14-16/h5-10,13,15-16,22,25H,11-12,14H2,1-4H3/t16-,22+/m0/s1. The van der Waals surface area contributed by atoms with E-state index < -0.39 is 0 Å². The number of aryl methyl sites for hydroxylation is 1. The molecular formula is C24H29N5. The molecule has 1 aromatic carbocycles. The smallest absolute Gasteiger partial charge is 0.128 e. The number of nitrogens with one attached hydrogen (secondary N) is 1. The van der Waals surface area contributed by atoms with Crippen molar-refractivity contribution in [1.29, 1.82) is 0 Å². The van der Waals surface area contributed by atoms with Gasteiger partial charge in [-0.15, -0.1) is 0 Å². The van der Waals surface area contributed by atoms with Gasteiger partial charge in [0.25, 0.3) is 0 Å². The van der Waals surface area contributed by atoms with Gasteiger partial charge in [0, 0.05) is 63.3 Å². The number of fused-ring (bicyclic) bond motifs is 2. The van der Waals surface area contributed by atoms with E-state index in [1.807, 2.05) is 25.2 Å². The molecule has 2 atom stereocenters. The van der Waals surface area contributed by atoms with Gasteiger partial charge in [-0.3, -0.25) is 4.90 Å². The Bertz CT molecular complexity index is 1080. The largest absolute Gasteiger partial charge is 0.383 e. The van der Waals surface area contributed by atoms with E-state index in [1.54, 1.807) is 0 Å². The number of hydrogen-bond acceptors (Lipinski definition) is 4. The molecule has 150 valence electrons. The van der Waals surface area contributed by atoms with Gasteiger partial charge in [-0.25, -0.2) is 4.98 Å². The van der Waals surface area contributed by atoms with Crippen LogP contribution in [-0.2, 0) is 13.5 Å². The summed E-state index contributed by atoms with van der Waals surface area (Å²) in [7, 11) is 8.45. The van der Waals surface area contributed by atoms with E-state index in [-0.39, 0.29) is 0 Å². The lowest BCUT2D eigenvalue weighted by atomic mass is 9.80. The van der Waals surface area contributed by atoms with Gasteiger partial charge in [0.15, 0.2) is 0 Å². The van der Waals surface area contributed by atoms with Crippen LogP contribution in [0, 0.1) is 5.92 Å². The van der Waals surface area contributed by atoms with Crippen LogP contribution < -0.4 is 10.2 Å². The van der Waals surface area contributed by atoms with E-state index in [0.717, 1.165) is 31.0 Å². The molecule has 1 N–H and O–H groups in total. The van der Waals surface area contributed by atoms with Crippen LogP contribution >= 0.6 is 0 Å². The lowest BCUT2D eigenvalue weighted by Crippen LogP contribution is -2.43. The maximum Gasteiger partial charge on any atom is 0.128 e. The molecule has 0 spiro atoms. The second kappa shape index (κ2) is 6.92. The molecule has 0 amide bonds. The van der Waals surface area contributed by atoms with Crippen LogP contribution in [0.15, 0.2) is 48.8 Å². The Morgan fingerprint density at radius 2 is 2.03 bits per heavy atom. The summed E-state index contributed by atoms with van der Waals surface area (Å²) in [6, 6.07) is 11.4. The molecule has 5 heteroatoms. The lowest BCUT2D eigenvalue weighted by molar-refractivity contribution is 0.249. The Labute approximate surface area is 172 Å². The van der Waals surface area contributed by atoms with Crippen molar-refractivity contribution in [3.8, 4) is 0 Å². The van der Waals surface area contributed by atoms with E-state index in [1.165, 1.54) is 27.6 Å². The first-order valence-corrected chi connectivity index (χ1v) is 10.4. The number of anilines is 2. The molecule has 5 rings (SSSR count). The van der Waals surface area contributed by atoms with Crippen LogP contribution in [0.1, 0.15) is 11.1 Å². The Hall–Kier alpha value is -2.79. The summed E-state index contributed by atoms with van der Waals surface area (Å²) in [5, 5.41) is 5.04. The average Bonchev–Trinajstić information content (AvgIpc) is 3.04. The van der Waals surface area contributed by atoms with Gasteiger partial charge >= 0.3 is 0 Å². The fraction of sp³-hybridized carbons (Fsp3) is 0.375. The predicted molar refractivity (Wildman–Crippen MR) is 122 cm³/mol. The highest BCUT2D eigenvalue weighted by Crippen LogP contribution is 2.41. The first-order valence-electron chi connectivity index (χ1n) is 10.4. The first-order chi connectivity index (χ1) is 14.0. The van der Waals surface area contributed by atoms with Crippen LogP contribution in [0.4, 0.5) is 11.5 Å². The molecule has 2 aliphatic rings. The molecule has 29 heavy (non-hydrogen) atoms. The quantitative estimate of drug-likeness (QED) is 0.742. The summed E-state index contributed by atoms with van der Waals surface area (Å²) in [5.74, 6) is 1.45. The Morgan fingerprint density at radius 1 is 1.17 bits per heavy atom. The summed E-state index contributed by atoms with van der Waals surface area (Å²) < 4.78 is 2.27. The second-order valence-corrected chi connectivity index (χ2v) is 8.69. The SMILES string of the molecule is CN(C)c1ccc(NC[C@@H]2C=C3c4cccc5c4c(cn5C)C[C@H]3N(C)C2)cn1. The molecule has 1 aliphatic carbocycles. The van der Waals surface area contributed by atoms with E-state index in [9.17, 15) is 0 Å². The van der Waals surface area contributed by atoms with Crippen LogP contribution in [0.2, 0.25) is 0 Å². The molecule has 3 heterocycles. The molecular weight excluding hydrogens is 358 g/mol. The van der Waals surface area contributed by atoms with Gasteiger partial charge < -0.3 is 14.8 Å². The fourth-order valence-corrected chi connectivity index (χ4v) is 4.96. The summed E-state index contributed by atoms with van der Waals surface area (Å²) in [4.78, 5) is 9.06. The van der Waals surface area contributed by atoms with E-state index >= 15 is 0 Å². The van der Waals surface area contributed by atoms with Crippen molar-refractivity contribution >= 4 is 28.0 Å². The van der Waals surface area contributed by atoms with E-state index in [2.05, 4.69) is 76.5 Å². The number of benzene rings is 1. The summed E-state index contributed by atoms with van der Waals surface area (Å²) in [5.41, 5.74) is 6.82. The molecule has 2 aromatic heterocycles. The lowest BCUT2D eigenvalue weighted by Gasteiger charge is -2.40. The van der Waals surface area contributed by atoms with Crippen LogP contribution in [0.3, 0.4) is 0 Å². The van der Waals surface area contributed by atoms with Gasteiger partial charge in [-0.05, 0) is 48.4 Å². The molecule has 0 radical (unpaired) electrons. The normalized spacial score (nSPS) is 21.0. The number of rotatable bonds is 4. The molecule has 5 nitrogen and oxygen atoms in total. The Kier molecular flexibility index (Phi) is 4.36. The topological polar surface area (TPSA) is 36.3 Å².